The highest BCUT2D eigenvalue weighted by atomic mass is 35.5. The molecule has 0 saturated heterocycles. The van der Waals surface area contributed by atoms with E-state index in [1.807, 2.05) is 42.5 Å². The van der Waals surface area contributed by atoms with Crippen LogP contribution in [-0.2, 0) is 0 Å². The molecule has 0 radical (unpaired) electrons. The minimum Gasteiger partial charge on any atom is -0.495 e. The Hall–Kier alpha value is -3.48. The number of nitrogens with one attached hydrogen (secondary N) is 1. The first-order valence-electron chi connectivity index (χ1n) is 9.67. The van der Waals surface area contributed by atoms with Gasteiger partial charge in [0.2, 0.25) is 5.95 Å². The van der Waals surface area contributed by atoms with Crippen LogP contribution < -0.4 is 20.5 Å². The number of rotatable bonds is 6. The summed E-state index contributed by atoms with van der Waals surface area (Å²) in [5.41, 5.74) is 10.2. The summed E-state index contributed by atoms with van der Waals surface area (Å²) < 4.78 is 10.5. The van der Waals surface area contributed by atoms with E-state index < -0.39 is 0 Å². The van der Waals surface area contributed by atoms with Crippen molar-refractivity contribution in [2.75, 3.05) is 25.3 Å². The van der Waals surface area contributed by atoms with Gasteiger partial charge in [0.25, 0.3) is 0 Å². The van der Waals surface area contributed by atoms with Gasteiger partial charge in [-0.25, -0.2) is 4.98 Å². The van der Waals surface area contributed by atoms with Crippen LogP contribution in [0.1, 0.15) is 0 Å². The van der Waals surface area contributed by atoms with E-state index in [2.05, 4.69) is 10.3 Å². The highest BCUT2D eigenvalue weighted by Crippen LogP contribution is 2.39. The van der Waals surface area contributed by atoms with Crippen molar-refractivity contribution in [3.63, 3.8) is 0 Å². The Balaban J connectivity index is 1.83. The van der Waals surface area contributed by atoms with Crippen LogP contribution in [0.25, 0.3) is 22.4 Å². The number of methoxy groups -OCH3 is 2. The number of aromatic nitrogens is 2. The molecule has 3 aromatic carbocycles. The molecular weight excluding hydrogens is 447 g/mol. The van der Waals surface area contributed by atoms with Crippen LogP contribution in [0.3, 0.4) is 0 Å². The van der Waals surface area contributed by atoms with Crippen molar-refractivity contribution in [1.29, 1.82) is 0 Å². The fourth-order valence-electron chi connectivity index (χ4n) is 3.32. The Bertz CT molecular complexity index is 1270. The first-order valence-corrected chi connectivity index (χ1v) is 10.4. The van der Waals surface area contributed by atoms with Gasteiger partial charge in [-0.15, -0.1) is 0 Å². The normalized spacial score (nSPS) is 10.6. The van der Waals surface area contributed by atoms with E-state index >= 15 is 0 Å². The summed E-state index contributed by atoms with van der Waals surface area (Å²) in [6.07, 6.45) is 0. The van der Waals surface area contributed by atoms with Gasteiger partial charge < -0.3 is 20.5 Å². The summed E-state index contributed by atoms with van der Waals surface area (Å²) in [5, 5.41) is 4.11. The van der Waals surface area contributed by atoms with Gasteiger partial charge in [0.15, 0.2) is 0 Å². The average Bonchev–Trinajstić information content (AvgIpc) is 2.79. The van der Waals surface area contributed by atoms with E-state index in [0.717, 1.165) is 11.1 Å². The third kappa shape index (κ3) is 4.42. The Morgan fingerprint density at radius 3 is 2.06 bits per heavy atom. The first-order chi connectivity index (χ1) is 15.5. The number of anilines is 3. The molecule has 0 amide bonds. The molecule has 0 unspecified atom stereocenters. The van der Waals surface area contributed by atoms with Gasteiger partial charge in [0.05, 0.1) is 35.5 Å². The average molecular weight is 467 g/mol. The van der Waals surface area contributed by atoms with Crippen molar-refractivity contribution in [2.24, 2.45) is 0 Å². The molecule has 162 valence electrons. The van der Waals surface area contributed by atoms with Gasteiger partial charge in [0.1, 0.15) is 17.3 Å². The van der Waals surface area contributed by atoms with Gasteiger partial charge in [-0.3, -0.25) is 0 Å². The van der Waals surface area contributed by atoms with Crippen LogP contribution in [0, 0.1) is 0 Å². The highest BCUT2D eigenvalue weighted by molar-refractivity contribution is 6.32. The molecule has 6 nitrogen and oxygen atoms in total. The molecule has 0 atom stereocenters. The van der Waals surface area contributed by atoms with Crippen LogP contribution in [-0.4, -0.2) is 24.2 Å². The van der Waals surface area contributed by atoms with Crippen LogP contribution in [0.15, 0.2) is 66.7 Å². The Morgan fingerprint density at radius 1 is 0.781 bits per heavy atom. The van der Waals surface area contributed by atoms with Crippen molar-refractivity contribution in [1.82, 2.24) is 9.97 Å². The number of hydrogen-bond acceptors (Lipinski definition) is 6. The van der Waals surface area contributed by atoms with Crippen LogP contribution >= 0.6 is 23.2 Å². The second kappa shape index (κ2) is 9.34. The fourth-order valence-corrected chi connectivity index (χ4v) is 3.83. The molecule has 0 spiro atoms. The van der Waals surface area contributed by atoms with Gasteiger partial charge >= 0.3 is 0 Å². The molecule has 4 aromatic rings. The summed E-state index contributed by atoms with van der Waals surface area (Å²) in [4.78, 5) is 9.25. The molecular formula is C24H20Cl2N4O2. The van der Waals surface area contributed by atoms with Crippen LogP contribution in [0.5, 0.6) is 11.5 Å². The lowest BCUT2D eigenvalue weighted by Crippen LogP contribution is -2.05. The quantitative estimate of drug-likeness (QED) is 0.339. The monoisotopic (exact) mass is 466 g/mol. The first kappa shape index (κ1) is 21.7. The number of nitrogens with zero attached hydrogens (tertiary/aromatic N) is 2. The highest BCUT2D eigenvalue weighted by Gasteiger charge is 2.18. The van der Waals surface area contributed by atoms with Gasteiger partial charge in [-0.05, 0) is 35.9 Å². The largest absolute Gasteiger partial charge is 0.495 e. The number of benzene rings is 3. The van der Waals surface area contributed by atoms with Crippen molar-refractivity contribution >= 4 is 40.7 Å². The van der Waals surface area contributed by atoms with Crippen molar-refractivity contribution < 1.29 is 9.47 Å². The molecule has 0 aliphatic rings. The molecule has 32 heavy (non-hydrogen) atoms. The maximum absolute atomic E-state index is 6.43. The molecule has 8 heteroatoms. The predicted molar refractivity (Wildman–Crippen MR) is 130 cm³/mol. The molecule has 0 aliphatic heterocycles. The number of halogens is 2. The molecule has 0 saturated carbocycles. The number of nitrogen functional groups attached to an aromatic ring is 1. The molecule has 1 aromatic heterocycles. The van der Waals surface area contributed by atoms with Crippen LogP contribution in [0.4, 0.5) is 17.5 Å². The lowest BCUT2D eigenvalue weighted by atomic mass is 9.99. The molecule has 0 bridgehead atoms. The summed E-state index contributed by atoms with van der Waals surface area (Å²) in [6, 6.07) is 20.5. The lowest BCUT2D eigenvalue weighted by Gasteiger charge is -2.15. The third-order valence-electron chi connectivity index (χ3n) is 4.83. The molecule has 4 rings (SSSR count). The van der Waals surface area contributed by atoms with E-state index in [4.69, 9.17) is 43.4 Å². The minimum atomic E-state index is 0.308. The minimum absolute atomic E-state index is 0.308. The zero-order valence-electron chi connectivity index (χ0n) is 17.4. The molecule has 0 fully saturated rings. The Morgan fingerprint density at radius 2 is 1.44 bits per heavy atom. The Kier molecular flexibility index (Phi) is 6.35. The third-order valence-corrected chi connectivity index (χ3v) is 5.42. The standard InChI is InChI=1S/C24H20Cl2N4O2/c1-31-19-10-8-15(12-17(19)25)21-22(14-6-4-3-5-7-14)29-24(30-23(21)27)28-16-9-11-20(32-2)18(26)13-16/h3-13H,1-2H3,(H3,27,28,29,30). The second-order valence-electron chi connectivity index (χ2n) is 6.85. The van der Waals surface area contributed by atoms with E-state index in [1.54, 1.807) is 38.5 Å². The maximum Gasteiger partial charge on any atom is 0.229 e. The second-order valence-corrected chi connectivity index (χ2v) is 7.66. The maximum atomic E-state index is 6.43. The Labute approximate surface area is 195 Å². The zero-order chi connectivity index (χ0) is 22.7. The molecule has 1 heterocycles. The number of ether oxygens (including phenoxy) is 2. The summed E-state index contributed by atoms with van der Waals surface area (Å²) >= 11 is 12.6. The molecule has 0 aliphatic carbocycles. The predicted octanol–water partition coefficient (Wildman–Crippen LogP) is 6.46. The summed E-state index contributed by atoms with van der Waals surface area (Å²) in [5.74, 6) is 1.80. The lowest BCUT2D eigenvalue weighted by molar-refractivity contribution is 0.415. The van der Waals surface area contributed by atoms with E-state index in [-0.39, 0.29) is 0 Å². The smallest absolute Gasteiger partial charge is 0.229 e. The van der Waals surface area contributed by atoms with Gasteiger partial charge in [-0.1, -0.05) is 59.6 Å². The molecule has 3 N–H and O–H groups in total. The van der Waals surface area contributed by atoms with Gasteiger partial charge in [0, 0.05) is 11.3 Å². The fraction of sp³-hybridized carbons (Fsp3) is 0.0833. The van der Waals surface area contributed by atoms with Crippen molar-refractivity contribution in [2.45, 2.75) is 0 Å². The van der Waals surface area contributed by atoms with E-state index in [1.165, 1.54) is 0 Å². The summed E-state index contributed by atoms with van der Waals surface area (Å²) in [7, 11) is 3.13. The summed E-state index contributed by atoms with van der Waals surface area (Å²) in [6.45, 7) is 0. The number of hydrogen-bond donors (Lipinski definition) is 2. The zero-order valence-corrected chi connectivity index (χ0v) is 18.9. The topological polar surface area (TPSA) is 82.3 Å². The van der Waals surface area contributed by atoms with E-state index in [0.29, 0.717) is 50.3 Å². The van der Waals surface area contributed by atoms with Crippen molar-refractivity contribution in [3.05, 3.63) is 76.8 Å². The van der Waals surface area contributed by atoms with Crippen molar-refractivity contribution in [3.8, 4) is 33.9 Å². The van der Waals surface area contributed by atoms with Gasteiger partial charge in [-0.2, -0.15) is 4.98 Å². The van der Waals surface area contributed by atoms with E-state index in [9.17, 15) is 0 Å². The SMILES string of the molecule is COc1ccc(Nc2nc(N)c(-c3ccc(OC)c(Cl)c3)c(-c3ccccc3)n2)cc1Cl. The van der Waals surface area contributed by atoms with Crippen LogP contribution in [0.2, 0.25) is 10.0 Å². The number of nitrogens with two attached hydrogens (primary N) is 1.